The Hall–Kier alpha value is -2.60. The zero-order valence-corrected chi connectivity index (χ0v) is 14.9. The summed E-state index contributed by atoms with van der Waals surface area (Å²) in [5.41, 5.74) is 1.36. The fourth-order valence-electron chi connectivity index (χ4n) is 4.64. The molecule has 140 valence electrons. The van der Waals surface area contributed by atoms with Gasteiger partial charge in [-0.25, -0.2) is 4.39 Å². The van der Waals surface area contributed by atoms with Crippen molar-refractivity contribution < 1.29 is 18.7 Å². The quantitative estimate of drug-likeness (QED) is 0.885. The van der Waals surface area contributed by atoms with Crippen molar-refractivity contribution in [3.05, 3.63) is 59.4 Å². The fourth-order valence-corrected chi connectivity index (χ4v) is 4.64. The van der Waals surface area contributed by atoms with Crippen LogP contribution in [-0.2, 0) is 0 Å². The number of rotatable bonds is 2. The third kappa shape index (κ3) is 2.75. The lowest BCUT2D eigenvalue weighted by Crippen LogP contribution is -2.35. The number of nitrogens with zero attached hydrogens (tertiary/aromatic N) is 1. The Bertz CT molecular complexity index is 887. The zero-order valence-electron chi connectivity index (χ0n) is 14.9. The summed E-state index contributed by atoms with van der Waals surface area (Å²) >= 11 is 0. The number of likely N-dealkylation sites (tertiary alicyclic amines) is 1. The molecule has 0 aromatic heterocycles. The summed E-state index contributed by atoms with van der Waals surface area (Å²) in [5, 5.41) is 3.41. The number of para-hydroxylation sites is 1. The smallest absolute Gasteiger partial charge is 0.258 e. The molecule has 27 heavy (non-hydrogen) atoms. The molecule has 2 fully saturated rings. The fraction of sp³-hybridized carbons (Fsp3) is 0.381. The molecule has 3 aliphatic rings. The Morgan fingerprint density at radius 2 is 1.96 bits per heavy atom. The summed E-state index contributed by atoms with van der Waals surface area (Å²) in [6.07, 6.45) is 0. The first-order chi connectivity index (χ1) is 13.2. The SMILES string of the molecule is O=C(c1cccc2c1OCCO2)N1C[C@@H]2CNC[C@@H]2[C@H]1c1cccc(F)c1. The molecule has 1 amide bonds. The number of carbonyl (C=O) groups excluding carboxylic acids is 1. The lowest BCUT2D eigenvalue weighted by molar-refractivity contribution is 0.0703. The summed E-state index contributed by atoms with van der Waals surface area (Å²) < 4.78 is 25.3. The van der Waals surface area contributed by atoms with Crippen molar-refractivity contribution in [1.82, 2.24) is 10.2 Å². The summed E-state index contributed by atoms with van der Waals surface area (Å²) in [7, 11) is 0. The minimum Gasteiger partial charge on any atom is -0.486 e. The van der Waals surface area contributed by atoms with Crippen LogP contribution in [0, 0.1) is 17.7 Å². The molecule has 0 unspecified atom stereocenters. The second-order valence-electron chi connectivity index (χ2n) is 7.37. The van der Waals surface area contributed by atoms with Crippen LogP contribution >= 0.6 is 0 Å². The molecule has 0 radical (unpaired) electrons. The number of amides is 1. The largest absolute Gasteiger partial charge is 0.486 e. The molecule has 1 N–H and O–H groups in total. The number of hydrogen-bond donors (Lipinski definition) is 1. The monoisotopic (exact) mass is 368 g/mol. The first-order valence-electron chi connectivity index (χ1n) is 9.38. The lowest BCUT2D eigenvalue weighted by Gasteiger charge is -2.30. The zero-order chi connectivity index (χ0) is 18.4. The van der Waals surface area contributed by atoms with Crippen LogP contribution < -0.4 is 14.8 Å². The molecule has 0 saturated carbocycles. The van der Waals surface area contributed by atoms with Crippen molar-refractivity contribution in [2.45, 2.75) is 6.04 Å². The van der Waals surface area contributed by atoms with Crippen LogP contribution in [0.3, 0.4) is 0 Å². The van der Waals surface area contributed by atoms with Gasteiger partial charge in [0.05, 0.1) is 11.6 Å². The average molecular weight is 368 g/mol. The number of carbonyl (C=O) groups is 1. The van der Waals surface area contributed by atoms with Crippen molar-refractivity contribution in [3.63, 3.8) is 0 Å². The van der Waals surface area contributed by atoms with Gasteiger partial charge in [0.2, 0.25) is 0 Å². The molecule has 0 aliphatic carbocycles. The van der Waals surface area contributed by atoms with E-state index in [0.717, 1.165) is 18.7 Å². The van der Waals surface area contributed by atoms with E-state index in [4.69, 9.17) is 9.47 Å². The van der Waals surface area contributed by atoms with Crippen LogP contribution in [0.5, 0.6) is 11.5 Å². The van der Waals surface area contributed by atoms with Gasteiger partial charge in [-0.15, -0.1) is 0 Å². The molecule has 2 saturated heterocycles. The van der Waals surface area contributed by atoms with E-state index in [1.807, 2.05) is 23.1 Å². The van der Waals surface area contributed by atoms with E-state index in [2.05, 4.69) is 5.32 Å². The molecule has 3 atom stereocenters. The van der Waals surface area contributed by atoms with Crippen molar-refractivity contribution in [1.29, 1.82) is 0 Å². The van der Waals surface area contributed by atoms with Gasteiger partial charge in [-0.05, 0) is 35.7 Å². The number of nitrogens with one attached hydrogen (secondary N) is 1. The van der Waals surface area contributed by atoms with Gasteiger partial charge in [0, 0.05) is 25.6 Å². The van der Waals surface area contributed by atoms with Crippen molar-refractivity contribution in [3.8, 4) is 11.5 Å². The molecule has 3 heterocycles. The highest BCUT2D eigenvalue weighted by Crippen LogP contribution is 2.45. The van der Waals surface area contributed by atoms with E-state index < -0.39 is 0 Å². The Morgan fingerprint density at radius 1 is 1.11 bits per heavy atom. The molecule has 3 aliphatic heterocycles. The van der Waals surface area contributed by atoms with E-state index in [0.29, 0.717) is 42.7 Å². The average Bonchev–Trinajstić information content (AvgIpc) is 3.28. The first-order valence-corrected chi connectivity index (χ1v) is 9.38. The predicted molar refractivity (Wildman–Crippen MR) is 97.5 cm³/mol. The van der Waals surface area contributed by atoms with Crippen LogP contribution in [0.25, 0.3) is 0 Å². The van der Waals surface area contributed by atoms with Gasteiger partial charge in [-0.3, -0.25) is 4.79 Å². The van der Waals surface area contributed by atoms with E-state index in [9.17, 15) is 9.18 Å². The van der Waals surface area contributed by atoms with Gasteiger partial charge in [-0.2, -0.15) is 0 Å². The molecular formula is C21H21FN2O3. The van der Waals surface area contributed by atoms with Crippen molar-refractivity contribution in [2.75, 3.05) is 32.8 Å². The third-order valence-corrected chi connectivity index (χ3v) is 5.81. The Balaban J connectivity index is 1.54. The van der Waals surface area contributed by atoms with Gasteiger partial charge in [0.15, 0.2) is 11.5 Å². The maximum absolute atomic E-state index is 13.9. The molecular weight excluding hydrogens is 347 g/mol. The number of hydrogen-bond acceptors (Lipinski definition) is 4. The molecule has 5 nitrogen and oxygen atoms in total. The first kappa shape index (κ1) is 16.6. The van der Waals surface area contributed by atoms with Crippen LogP contribution in [-0.4, -0.2) is 43.7 Å². The van der Waals surface area contributed by atoms with E-state index in [-0.39, 0.29) is 23.7 Å². The van der Waals surface area contributed by atoms with Crippen LogP contribution in [0.1, 0.15) is 22.0 Å². The maximum atomic E-state index is 13.9. The van der Waals surface area contributed by atoms with Crippen LogP contribution in [0.15, 0.2) is 42.5 Å². The third-order valence-electron chi connectivity index (χ3n) is 5.81. The molecule has 2 aromatic carbocycles. The summed E-state index contributed by atoms with van der Waals surface area (Å²) in [6.45, 7) is 3.28. The molecule has 5 rings (SSSR count). The summed E-state index contributed by atoms with van der Waals surface area (Å²) in [5.74, 6) is 1.42. The Labute approximate surface area is 157 Å². The Kier molecular flexibility index (Phi) is 4.01. The molecule has 6 heteroatoms. The molecule has 0 bridgehead atoms. The van der Waals surface area contributed by atoms with Gasteiger partial charge in [0.1, 0.15) is 19.0 Å². The Morgan fingerprint density at radius 3 is 2.85 bits per heavy atom. The number of ether oxygens (including phenoxy) is 2. The summed E-state index contributed by atoms with van der Waals surface area (Å²) in [4.78, 5) is 15.4. The highest BCUT2D eigenvalue weighted by Gasteiger charge is 2.47. The van der Waals surface area contributed by atoms with Crippen molar-refractivity contribution in [2.24, 2.45) is 11.8 Å². The van der Waals surface area contributed by atoms with Gasteiger partial charge in [-0.1, -0.05) is 18.2 Å². The van der Waals surface area contributed by atoms with E-state index in [1.165, 1.54) is 6.07 Å². The standard InChI is InChI=1S/C21H21FN2O3/c22-15-4-1-3-13(9-15)19-17-11-23-10-14(17)12-24(19)21(25)16-5-2-6-18-20(16)27-8-7-26-18/h1-6,9,14,17,19,23H,7-8,10-12H2/t14-,17-,19+/m0/s1. The predicted octanol–water partition coefficient (Wildman–Crippen LogP) is 2.63. The number of benzene rings is 2. The normalized spacial score (nSPS) is 26.1. The van der Waals surface area contributed by atoms with E-state index in [1.54, 1.807) is 18.2 Å². The molecule has 0 spiro atoms. The number of halogens is 1. The lowest BCUT2D eigenvalue weighted by atomic mass is 9.89. The van der Waals surface area contributed by atoms with Gasteiger partial charge in [0.25, 0.3) is 5.91 Å². The number of fused-ring (bicyclic) bond motifs is 2. The second-order valence-corrected chi connectivity index (χ2v) is 7.37. The van der Waals surface area contributed by atoms with Crippen LogP contribution in [0.4, 0.5) is 4.39 Å². The second kappa shape index (κ2) is 6.53. The van der Waals surface area contributed by atoms with Gasteiger partial charge >= 0.3 is 0 Å². The topological polar surface area (TPSA) is 50.8 Å². The molecule has 2 aromatic rings. The summed E-state index contributed by atoms with van der Waals surface area (Å²) in [6, 6.07) is 11.9. The van der Waals surface area contributed by atoms with Crippen LogP contribution in [0.2, 0.25) is 0 Å². The highest BCUT2D eigenvalue weighted by atomic mass is 19.1. The minimum absolute atomic E-state index is 0.0824. The van der Waals surface area contributed by atoms with Gasteiger partial charge < -0.3 is 19.7 Å². The maximum Gasteiger partial charge on any atom is 0.258 e. The van der Waals surface area contributed by atoms with Crippen molar-refractivity contribution >= 4 is 5.91 Å². The van der Waals surface area contributed by atoms with E-state index >= 15 is 0 Å². The minimum atomic E-state index is -0.275. The highest BCUT2D eigenvalue weighted by molar-refractivity contribution is 5.98.